The molecule has 0 unspecified atom stereocenters. The van der Waals surface area contributed by atoms with Crippen LogP contribution in [-0.4, -0.2) is 14.1 Å². The summed E-state index contributed by atoms with van der Waals surface area (Å²) in [4.78, 5) is 4.78. The van der Waals surface area contributed by atoms with E-state index in [-0.39, 0.29) is 0 Å². The second-order valence-corrected chi connectivity index (χ2v) is 15.6. The number of hydrogen-bond acceptors (Lipinski definition) is 2. The van der Waals surface area contributed by atoms with Gasteiger partial charge < -0.3 is 4.74 Å². The fourth-order valence-electron chi connectivity index (χ4n) is 8.04. The van der Waals surface area contributed by atoms with Crippen LogP contribution in [0.25, 0.3) is 72.3 Å². The van der Waals surface area contributed by atoms with Crippen LogP contribution in [0.1, 0.15) is 29.1 Å². The standard InChI is InChI=1S/C53H42N4O/c1-53(2,3)35-37-30-31-54-51(32-37)57-47-25-11-10-22-45(47)46-29-28-42(34-50(46)57)58-41-21-14-20-40(33-41)55-36-56(49-27-13-12-26-48(49)55)52-43(38-16-6-4-7-17-38)23-15-24-44(52)39-18-8-5-9-19-39/h4-34H,35H2,1-3H3/i35D2. The van der Waals surface area contributed by atoms with Crippen molar-refractivity contribution in [2.24, 2.45) is 5.41 Å². The molecule has 0 aliphatic carbocycles. The van der Waals surface area contributed by atoms with Crippen molar-refractivity contribution in [1.29, 1.82) is 0 Å². The average molecular weight is 753 g/mol. The number of hydrogen-bond donors (Lipinski definition) is 0. The predicted octanol–water partition coefficient (Wildman–Crippen LogP) is 12.9. The lowest BCUT2D eigenvalue weighted by molar-refractivity contribution is -0.571. The SMILES string of the molecule is [2H]C([2H])(c1ccnc(-n2c3ccccc3c3ccc(Oc4cccc(-n5[c-][n+](-c6c(-c7ccccc7)cccc6-c6ccccc6)c6ccccc65)c4)cc32)c1)C(C)(C)C. The van der Waals surface area contributed by atoms with Crippen molar-refractivity contribution >= 4 is 32.8 Å². The molecule has 0 saturated carbocycles. The molecule has 10 rings (SSSR count). The van der Waals surface area contributed by atoms with Crippen molar-refractivity contribution in [1.82, 2.24) is 14.1 Å². The average Bonchev–Trinajstić information content (AvgIpc) is 3.82. The van der Waals surface area contributed by atoms with Crippen LogP contribution in [0.15, 0.2) is 188 Å². The van der Waals surface area contributed by atoms with Crippen LogP contribution in [0, 0.1) is 11.7 Å². The maximum atomic E-state index is 8.99. The van der Waals surface area contributed by atoms with Crippen molar-refractivity contribution in [2.75, 3.05) is 0 Å². The molecule has 0 aliphatic rings. The molecule has 7 aromatic carbocycles. The first kappa shape index (κ1) is 33.0. The van der Waals surface area contributed by atoms with E-state index in [0.717, 1.165) is 66.5 Å². The summed E-state index contributed by atoms with van der Waals surface area (Å²) in [6, 6.07) is 62.1. The van der Waals surface area contributed by atoms with Crippen LogP contribution >= 0.6 is 0 Å². The fourth-order valence-corrected chi connectivity index (χ4v) is 8.04. The van der Waals surface area contributed by atoms with Gasteiger partial charge in [-0.25, -0.2) is 4.98 Å². The number of pyridine rings is 1. The summed E-state index contributed by atoms with van der Waals surface area (Å²) in [7, 11) is 0. The van der Waals surface area contributed by atoms with Gasteiger partial charge in [0.05, 0.1) is 33.4 Å². The van der Waals surface area contributed by atoms with Crippen LogP contribution in [0.4, 0.5) is 0 Å². The van der Waals surface area contributed by atoms with Crippen LogP contribution in [0.5, 0.6) is 11.5 Å². The van der Waals surface area contributed by atoms with Gasteiger partial charge in [-0.05, 0) is 88.1 Å². The Bertz CT molecular complexity index is 3140. The lowest BCUT2D eigenvalue weighted by Crippen LogP contribution is -2.31. The van der Waals surface area contributed by atoms with E-state index in [9.17, 15) is 0 Å². The van der Waals surface area contributed by atoms with Crippen molar-refractivity contribution in [3.63, 3.8) is 0 Å². The Morgan fingerprint density at radius 1 is 0.603 bits per heavy atom. The van der Waals surface area contributed by atoms with Gasteiger partial charge in [-0.15, -0.1) is 0 Å². The molecule has 0 spiro atoms. The predicted molar refractivity (Wildman–Crippen MR) is 236 cm³/mol. The number of imidazole rings is 1. The first-order valence-electron chi connectivity index (χ1n) is 20.6. The first-order valence-corrected chi connectivity index (χ1v) is 19.6. The molecule has 0 bridgehead atoms. The zero-order valence-corrected chi connectivity index (χ0v) is 32.6. The third-order valence-corrected chi connectivity index (χ3v) is 10.4. The number of nitrogens with zero attached hydrogens (tertiary/aromatic N) is 4. The molecular formula is C53H42N4O. The number of rotatable bonds is 8. The van der Waals surface area contributed by atoms with Gasteiger partial charge in [0.25, 0.3) is 6.33 Å². The minimum absolute atomic E-state index is 0.589. The van der Waals surface area contributed by atoms with Crippen LogP contribution in [0.3, 0.4) is 0 Å². The molecule has 3 aromatic heterocycles. The van der Waals surface area contributed by atoms with E-state index >= 15 is 0 Å². The summed E-state index contributed by atoms with van der Waals surface area (Å²) >= 11 is 0. The zero-order chi connectivity index (χ0) is 41.0. The Morgan fingerprint density at radius 3 is 1.98 bits per heavy atom. The monoisotopic (exact) mass is 752 g/mol. The highest BCUT2D eigenvalue weighted by Crippen LogP contribution is 2.37. The third kappa shape index (κ3) is 6.50. The molecule has 0 atom stereocenters. The minimum Gasteiger partial charge on any atom is -0.458 e. The van der Waals surface area contributed by atoms with Crippen molar-refractivity contribution in [3.05, 3.63) is 200 Å². The lowest BCUT2D eigenvalue weighted by atomic mass is 9.88. The number of para-hydroxylation sites is 4. The summed E-state index contributed by atoms with van der Waals surface area (Å²) in [6.45, 7) is 5.77. The van der Waals surface area contributed by atoms with E-state index in [1.165, 1.54) is 0 Å². The molecule has 3 heterocycles. The molecule has 5 heteroatoms. The van der Waals surface area contributed by atoms with E-state index < -0.39 is 11.8 Å². The highest BCUT2D eigenvalue weighted by Gasteiger charge is 2.20. The van der Waals surface area contributed by atoms with E-state index in [1.54, 1.807) is 12.3 Å². The van der Waals surface area contributed by atoms with E-state index in [4.69, 9.17) is 12.5 Å². The summed E-state index contributed by atoms with van der Waals surface area (Å²) in [6.07, 6.45) is 3.90. The molecule has 280 valence electrons. The van der Waals surface area contributed by atoms with Gasteiger partial charge in [-0.2, -0.15) is 0 Å². The summed E-state index contributed by atoms with van der Waals surface area (Å²) in [5, 5.41) is 2.14. The van der Waals surface area contributed by atoms with Gasteiger partial charge >= 0.3 is 0 Å². The third-order valence-electron chi connectivity index (χ3n) is 10.4. The molecule has 0 N–H and O–H groups in total. The largest absolute Gasteiger partial charge is 0.458 e. The molecule has 0 amide bonds. The molecule has 10 aromatic rings. The minimum atomic E-state index is -1.57. The second-order valence-electron chi connectivity index (χ2n) is 15.6. The van der Waals surface area contributed by atoms with Gasteiger partial charge in [0.15, 0.2) is 0 Å². The number of benzene rings is 7. The van der Waals surface area contributed by atoms with Crippen molar-refractivity contribution in [2.45, 2.75) is 27.1 Å². The van der Waals surface area contributed by atoms with Gasteiger partial charge in [0, 0.05) is 25.8 Å². The Kier molecular flexibility index (Phi) is 8.16. The molecule has 0 aliphatic heterocycles. The summed E-state index contributed by atoms with van der Waals surface area (Å²) < 4.78 is 31.1. The van der Waals surface area contributed by atoms with Gasteiger partial charge in [0.2, 0.25) is 0 Å². The smallest absolute Gasteiger partial charge is 0.269 e. The number of aromatic nitrogens is 4. The maximum Gasteiger partial charge on any atom is 0.269 e. The highest BCUT2D eigenvalue weighted by molar-refractivity contribution is 6.09. The number of fused-ring (bicyclic) bond motifs is 4. The normalized spacial score (nSPS) is 12.5. The Morgan fingerprint density at radius 2 is 1.24 bits per heavy atom. The summed E-state index contributed by atoms with van der Waals surface area (Å²) in [5.41, 5.74) is 10.4. The van der Waals surface area contributed by atoms with Gasteiger partial charge in [-0.1, -0.05) is 148 Å². The summed E-state index contributed by atoms with van der Waals surface area (Å²) in [5.74, 6) is 2.00. The highest BCUT2D eigenvalue weighted by atomic mass is 16.5. The van der Waals surface area contributed by atoms with Crippen LogP contribution in [0.2, 0.25) is 0 Å². The Labute approximate surface area is 341 Å². The molecule has 5 nitrogen and oxygen atoms in total. The van der Waals surface area contributed by atoms with Gasteiger partial charge in [0.1, 0.15) is 17.3 Å². The molecule has 0 radical (unpaired) electrons. The van der Waals surface area contributed by atoms with Gasteiger partial charge in [-0.3, -0.25) is 13.7 Å². The first-order chi connectivity index (χ1) is 29.2. The Balaban J connectivity index is 1.07. The molecular weight excluding hydrogens is 709 g/mol. The maximum absolute atomic E-state index is 8.99. The van der Waals surface area contributed by atoms with Crippen molar-refractivity contribution < 1.29 is 12.0 Å². The van der Waals surface area contributed by atoms with Crippen LogP contribution in [-0.2, 0) is 6.37 Å². The topological polar surface area (TPSA) is 35.9 Å². The van der Waals surface area contributed by atoms with E-state index in [2.05, 4.69) is 135 Å². The second kappa shape index (κ2) is 14.4. The number of ether oxygens (including phenoxy) is 1. The molecule has 0 saturated heterocycles. The van der Waals surface area contributed by atoms with E-state index in [1.807, 2.05) is 81.4 Å². The lowest BCUT2D eigenvalue weighted by Gasteiger charge is -2.18. The fraction of sp³-hybridized carbons (Fsp3) is 0.0943. The molecule has 58 heavy (non-hydrogen) atoms. The zero-order valence-electron chi connectivity index (χ0n) is 34.6. The van der Waals surface area contributed by atoms with Crippen molar-refractivity contribution in [3.8, 4) is 50.9 Å². The van der Waals surface area contributed by atoms with E-state index in [0.29, 0.717) is 22.9 Å². The molecule has 0 fully saturated rings. The van der Waals surface area contributed by atoms with Crippen LogP contribution < -0.4 is 9.30 Å². The Hall–Kier alpha value is -7.24. The quantitative estimate of drug-likeness (QED) is 0.114.